The van der Waals surface area contributed by atoms with Gasteiger partial charge in [-0.3, -0.25) is 4.79 Å². The van der Waals surface area contributed by atoms with Crippen LogP contribution in [0.15, 0.2) is 0 Å². The van der Waals surface area contributed by atoms with Crippen LogP contribution in [0.2, 0.25) is 0 Å². The molecule has 0 saturated heterocycles. The average Bonchev–Trinajstić information content (AvgIpc) is 2.28. The SMILES string of the molecule is CCC(C)(O)CCCCCC(=O)OC(C)(C)CC. The van der Waals surface area contributed by atoms with Crippen LogP contribution in [-0.4, -0.2) is 22.3 Å². The monoisotopic (exact) mass is 258 g/mol. The second-order valence-corrected chi connectivity index (χ2v) is 6.00. The summed E-state index contributed by atoms with van der Waals surface area (Å²) in [6, 6.07) is 0. The Hall–Kier alpha value is -0.570. The molecule has 0 saturated carbocycles. The smallest absolute Gasteiger partial charge is 0.306 e. The second-order valence-electron chi connectivity index (χ2n) is 6.00. The van der Waals surface area contributed by atoms with Crippen molar-refractivity contribution in [2.45, 2.75) is 90.8 Å². The maximum absolute atomic E-state index is 11.6. The number of hydrogen-bond acceptors (Lipinski definition) is 3. The Bertz CT molecular complexity index is 244. The summed E-state index contributed by atoms with van der Waals surface area (Å²) in [5.41, 5.74) is -0.895. The largest absolute Gasteiger partial charge is 0.460 e. The van der Waals surface area contributed by atoms with Gasteiger partial charge in [0.05, 0.1) is 5.60 Å². The highest BCUT2D eigenvalue weighted by atomic mass is 16.6. The van der Waals surface area contributed by atoms with Crippen molar-refractivity contribution in [3.8, 4) is 0 Å². The molecule has 3 nitrogen and oxygen atoms in total. The number of aliphatic hydroxyl groups is 1. The zero-order valence-corrected chi connectivity index (χ0v) is 12.7. The summed E-state index contributed by atoms with van der Waals surface area (Å²) in [5, 5.41) is 9.82. The summed E-state index contributed by atoms with van der Waals surface area (Å²) in [5.74, 6) is -0.107. The van der Waals surface area contributed by atoms with Gasteiger partial charge in [-0.2, -0.15) is 0 Å². The molecule has 0 radical (unpaired) electrons. The first-order valence-electron chi connectivity index (χ1n) is 7.16. The van der Waals surface area contributed by atoms with E-state index in [1.165, 1.54) is 0 Å². The molecular weight excluding hydrogens is 228 g/mol. The van der Waals surface area contributed by atoms with Gasteiger partial charge in [0.1, 0.15) is 5.60 Å². The molecule has 1 atom stereocenters. The first-order valence-corrected chi connectivity index (χ1v) is 7.16. The Morgan fingerprint density at radius 3 is 2.17 bits per heavy atom. The van der Waals surface area contributed by atoms with E-state index in [1.54, 1.807) is 0 Å². The number of hydrogen-bond donors (Lipinski definition) is 1. The highest BCUT2D eigenvalue weighted by Crippen LogP contribution is 2.19. The van der Waals surface area contributed by atoms with Crippen LogP contribution in [0.1, 0.15) is 79.6 Å². The third kappa shape index (κ3) is 8.51. The van der Waals surface area contributed by atoms with Crippen molar-refractivity contribution in [1.29, 1.82) is 0 Å². The summed E-state index contributed by atoms with van der Waals surface area (Å²) in [6.45, 7) is 9.74. The highest BCUT2D eigenvalue weighted by Gasteiger charge is 2.20. The van der Waals surface area contributed by atoms with Gasteiger partial charge in [-0.05, 0) is 46.5 Å². The maximum atomic E-state index is 11.6. The van der Waals surface area contributed by atoms with Gasteiger partial charge in [0.15, 0.2) is 0 Å². The van der Waals surface area contributed by atoms with Crippen LogP contribution in [0, 0.1) is 0 Å². The van der Waals surface area contributed by atoms with E-state index in [9.17, 15) is 9.90 Å². The van der Waals surface area contributed by atoms with Gasteiger partial charge >= 0.3 is 5.97 Å². The average molecular weight is 258 g/mol. The van der Waals surface area contributed by atoms with Gasteiger partial charge in [-0.15, -0.1) is 0 Å². The standard InChI is InChI=1S/C15H30O3/c1-6-14(3,4)18-13(16)11-9-8-10-12-15(5,17)7-2/h17H,6-12H2,1-5H3. The molecule has 0 aromatic heterocycles. The van der Waals surface area contributed by atoms with Crippen LogP contribution in [0.3, 0.4) is 0 Å². The molecule has 0 heterocycles. The molecule has 1 N–H and O–H groups in total. The first-order chi connectivity index (χ1) is 8.22. The lowest BCUT2D eigenvalue weighted by Gasteiger charge is -2.23. The summed E-state index contributed by atoms with van der Waals surface area (Å²) in [7, 11) is 0. The third-order valence-corrected chi connectivity index (χ3v) is 3.60. The second kappa shape index (κ2) is 7.78. The van der Waals surface area contributed by atoms with Gasteiger partial charge in [0.2, 0.25) is 0 Å². The quantitative estimate of drug-likeness (QED) is 0.505. The van der Waals surface area contributed by atoms with E-state index in [1.807, 2.05) is 34.6 Å². The van der Waals surface area contributed by atoms with Gasteiger partial charge < -0.3 is 9.84 Å². The van der Waals surface area contributed by atoms with E-state index in [2.05, 4.69) is 0 Å². The molecule has 0 aromatic carbocycles. The first kappa shape index (κ1) is 17.4. The van der Waals surface area contributed by atoms with Crippen molar-refractivity contribution < 1.29 is 14.6 Å². The molecule has 0 spiro atoms. The topological polar surface area (TPSA) is 46.5 Å². The predicted molar refractivity (Wildman–Crippen MR) is 74.5 cm³/mol. The zero-order valence-electron chi connectivity index (χ0n) is 12.7. The molecule has 3 heteroatoms. The van der Waals surface area contributed by atoms with Crippen LogP contribution in [0.25, 0.3) is 0 Å². The number of esters is 1. The summed E-state index contributed by atoms with van der Waals surface area (Å²) in [4.78, 5) is 11.6. The predicted octanol–water partition coefficient (Wildman–Crippen LogP) is 3.83. The molecule has 18 heavy (non-hydrogen) atoms. The Morgan fingerprint density at radius 2 is 1.67 bits per heavy atom. The summed E-state index contributed by atoms with van der Waals surface area (Å²) < 4.78 is 5.37. The molecule has 108 valence electrons. The van der Waals surface area contributed by atoms with Gasteiger partial charge in [0, 0.05) is 6.42 Å². The molecule has 0 rings (SSSR count). The number of unbranched alkanes of at least 4 members (excludes halogenated alkanes) is 2. The van der Waals surface area contributed by atoms with E-state index in [0.717, 1.165) is 38.5 Å². The van der Waals surface area contributed by atoms with E-state index in [-0.39, 0.29) is 11.6 Å². The summed E-state index contributed by atoms with van der Waals surface area (Å²) >= 11 is 0. The highest BCUT2D eigenvalue weighted by molar-refractivity contribution is 5.69. The Labute approximate surface area is 112 Å². The minimum absolute atomic E-state index is 0.107. The lowest BCUT2D eigenvalue weighted by Crippen LogP contribution is -2.26. The van der Waals surface area contributed by atoms with E-state index < -0.39 is 5.60 Å². The van der Waals surface area contributed by atoms with Crippen molar-refractivity contribution in [2.75, 3.05) is 0 Å². The molecule has 0 aliphatic carbocycles. The molecule has 0 aromatic rings. The number of carbonyl (C=O) groups is 1. The molecule has 0 fully saturated rings. The van der Waals surface area contributed by atoms with Crippen LogP contribution in [0.4, 0.5) is 0 Å². The minimum Gasteiger partial charge on any atom is -0.460 e. The fourth-order valence-corrected chi connectivity index (χ4v) is 1.56. The van der Waals surface area contributed by atoms with Crippen LogP contribution in [0.5, 0.6) is 0 Å². The number of carbonyl (C=O) groups excluding carboxylic acids is 1. The van der Waals surface area contributed by atoms with Gasteiger partial charge in [0.25, 0.3) is 0 Å². The fraction of sp³-hybridized carbons (Fsp3) is 0.933. The van der Waals surface area contributed by atoms with Crippen molar-refractivity contribution in [2.24, 2.45) is 0 Å². The van der Waals surface area contributed by atoms with Crippen molar-refractivity contribution in [3.05, 3.63) is 0 Å². The molecule has 0 amide bonds. The Balaban J connectivity index is 3.65. The Morgan fingerprint density at radius 1 is 1.06 bits per heavy atom. The number of rotatable bonds is 9. The minimum atomic E-state index is -0.551. The summed E-state index contributed by atoms with van der Waals surface area (Å²) in [6.07, 6.45) is 5.68. The van der Waals surface area contributed by atoms with Crippen LogP contribution in [-0.2, 0) is 9.53 Å². The van der Waals surface area contributed by atoms with Crippen LogP contribution < -0.4 is 0 Å². The normalized spacial score (nSPS) is 15.2. The van der Waals surface area contributed by atoms with Gasteiger partial charge in [-0.25, -0.2) is 0 Å². The number of ether oxygens (including phenoxy) is 1. The lowest BCUT2D eigenvalue weighted by molar-refractivity contribution is -0.156. The van der Waals surface area contributed by atoms with Crippen molar-refractivity contribution >= 4 is 5.97 Å². The van der Waals surface area contributed by atoms with E-state index >= 15 is 0 Å². The molecule has 0 bridgehead atoms. The fourth-order valence-electron chi connectivity index (χ4n) is 1.56. The van der Waals surface area contributed by atoms with Crippen molar-refractivity contribution in [1.82, 2.24) is 0 Å². The molecule has 0 aliphatic rings. The molecule has 0 aliphatic heterocycles. The maximum Gasteiger partial charge on any atom is 0.306 e. The molecular formula is C15H30O3. The Kier molecular flexibility index (Phi) is 7.53. The van der Waals surface area contributed by atoms with E-state index in [0.29, 0.717) is 6.42 Å². The zero-order chi connectivity index (χ0) is 14.2. The van der Waals surface area contributed by atoms with Gasteiger partial charge in [-0.1, -0.05) is 26.7 Å². The molecule has 1 unspecified atom stereocenters. The third-order valence-electron chi connectivity index (χ3n) is 3.60. The van der Waals surface area contributed by atoms with E-state index in [4.69, 9.17) is 4.74 Å². The van der Waals surface area contributed by atoms with Crippen molar-refractivity contribution in [3.63, 3.8) is 0 Å². The van der Waals surface area contributed by atoms with Crippen LogP contribution >= 0.6 is 0 Å². The lowest BCUT2D eigenvalue weighted by atomic mass is 9.95.